The van der Waals surface area contributed by atoms with Crippen molar-refractivity contribution < 1.29 is 13.2 Å². The zero-order valence-corrected chi connectivity index (χ0v) is 18.2. The molecule has 0 radical (unpaired) electrons. The Morgan fingerprint density at radius 1 is 1.07 bits per heavy atom. The lowest BCUT2D eigenvalue weighted by Crippen LogP contribution is -2.41. The molecule has 2 saturated heterocycles. The summed E-state index contributed by atoms with van der Waals surface area (Å²) in [5, 5.41) is 2.97. The van der Waals surface area contributed by atoms with Gasteiger partial charge in [0.1, 0.15) is 0 Å². The van der Waals surface area contributed by atoms with Gasteiger partial charge >= 0.3 is 0 Å². The first-order valence-corrected chi connectivity index (χ1v) is 11.9. The first-order valence-electron chi connectivity index (χ1n) is 10.3. The number of nitrogens with one attached hydrogen (secondary N) is 1. The van der Waals surface area contributed by atoms with E-state index >= 15 is 0 Å². The number of benzene rings is 1. The molecule has 1 aromatic heterocycles. The number of aromatic nitrogens is 2. The van der Waals surface area contributed by atoms with Gasteiger partial charge in [-0.25, -0.2) is 18.4 Å². The number of rotatable bonds is 4. The fourth-order valence-electron chi connectivity index (χ4n) is 4.11. The molecule has 4 rings (SSSR count). The van der Waals surface area contributed by atoms with Gasteiger partial charge in [0.15, 0.2) is 0 Å². The van der Waals surface area contributed by atoms with Gasteiger partial charge in [-0.1, -0.05) is 0 Å². The largest absolute Gasteiger partial charge is 0.340 e. The van der Waals surface area contributed by atoms with Crippen LogP contribution in [0.5, 0.6) is 0 Å². The summed E-state index contributed by atoms with van der Waals surface area (Å²) in [6, 6.07) is 8.95. The maximum Gasteiger partial charge on any atom is 0.235 e. The Hall–Kier alpha value is -2.68. The van der Waals surface area contributed by atoms with E-state index in [2.05, 4.69) is 20.2 Å². The summed E-state index contributed by atoms with van der Waals surface area (Å²) >= 11 is 0. The van der Waals surface area contributed by atoms with E-state index in [1.54, 1.807) is 24.3 Å². The highest BCUT2D eigenvalue weighted by Crippen LogP contribution is 2.26. The molecule has 160 valence electrons. The average Bonchev–Trinajstić information content (AvgIpc) is 3.07. The number of aryl methyl sites for hydroxylation is 2. The molecule has 1 atom stereocenters. The number of sulfonamides is 1. The van der Waals surface area contributed by atoms with E-state index in [1.807, 2.05) is 19.9 Å². The van der Waals surface area contributed by atoms with Crippen molar-refractivity contribution >= 4 is 33.3 Å². The SMILES string of the molecule is Cc1cc(C)nc(N2CCC[C@@H](C(=O)Nc3ccc(N4CCCS4(=O)=O)cc3)C2)n1. The van der Waals surface area contributed by atoms with Gasteiger partial charge in [-0.15, -0.1) is 0 Å². The minimum Gasteiger partial charge on any atom is -0.340 e. The third-order valence-corrected chi connectivity index (χ3v) is 7.44. The Bertz CT molecular complexity index is 1020. The highest BCUT2D eigenvalue weighted by atomic mass is 32.2. The Labute approximate surface area is 177 Å². The van der Waals surface area contributed by atoms with Gasteiger partial charge in [-0.05, 0) is 63.4 Å². The topological polar surface area (TPSA) is 95.5 Å². The van der Waals surface area contributed by atoms with Crippen LogP contribution in [0.15, 0.2) is 30.3 Å². The molecule has 0 unspecified atom stereocenters. The fourth-order valence-corrected chi connectivity index (χ4v) is 5.67. The molecule has 2 aliphatic rings. The van der Waals surface area contributed by atoms with E-state index in [9.17, 15) is 13.2 Å². The monoisotopic (exact) mass is 429 g/mol. The lowest BCUT2D eigenvalue weighted by Gasteiger charge is -2.32. The highest BCUT2D eigenvalue weighted by molar-refractivity contribution is 7.93. The summed E-state index contributed by atoms with van der Waals surface area (Å²) in [6.45, 7) is 5.82. The van der Waals surface area contributed by atoms with Crippen molar-refractivity contribution in [2.75, 3.05) is 39.9 Å². The molecular weight excluding hydrogens is 402 g/mol. The Kier molecular flexibility index (Phi) is 5.64. The molecule has 3 heterocycles. The minimum absolute atomic E-state index is 0.0365. The van der Waals surface area contributed by atoms with E-state index in [-0.39, 0.29) is 17.6 Å². The molecule has 0 bridgehead atoms. The van der Waals surface area contributed by atoms with Crippen molar-refractivity contribution in [2.45, 2.75) is 33.1 Å². The molecule has 0 saturated carbocycles. The van der Waals surface area contributed by atoms with Crippen molar-refractivity contribution in [3.05, 3.63) is 41.7 Å². The molecule has 2 aromatic rings. The Balaban J connectivity index is 1.41. The maximum atomic E-state index is 12.8. The quantitative estimate of drug-likeness (QED) is 0.802. The molecule has 2 aliphatic heterocycles. The molecule has 0 aliphatic carbocycles. The number of piperidine rings is 1. The summed E-state index contributed by atoms with van der Waals surface area (Å²) < 4.78 is 25.6. The van der Waals surface area contributed by atoms with Crippen molar-refractivity contribution in [1.29, 1.82) is 0 Å². The van der Waals surface area contributed by atoms with Gasteiger partial charge in [-0.2, -0.15) is 0 Å². The Morgan fingerprint density at radius 2 is 1.77 bits per heavy atom. The lowest BCUT2D eigenvalue weighted by molar-refractivity contribution is -0.120. The second kappa shape index (κ2) is 8.22. The maximum absolute atomic E-state index is 12.8. The van der Waals surface area contributed by atoms with Crippen LogP contribution >= 0.6 is 0 Å². The number of carbonyl (C=O) groups excluding carboxylic acids is 1. The lowest BCUT2D eigenvalue weighted by atomic mass is 9.97. The van der Waals surface area contributed by atoms with Crippen molar-refractivity contribution in [3.8, 4) is 0 Å². The van der Waals surface area contributed by atoms with E-state index < -0.39 is 10.0 Å². The highest BCUT2D eigenvalue weighted by Gasteiger charge is 2.29. The molecule has 30 heavy (non-hydrogen) atoms. The molecule has 1 N–H and O–H groups in total. The summed E-state index contributed by atoms with van der Waals surface area (Å²) in [4.78, 5) is 24.0. The number of anilines is 3. The Morgan fingerprint density at radius 3 is 2.40 bits per heavy atom. The van der Waals surface area contributed by atoms with Gasteiger partial charge < -0.3 is 10.2 Å². The third kappa shape index (κ3) is 4.40. The van der Waals surface area contributed by atoms with Crippen LogP contribution in [0.1, 0.15) is 30.7 Å². The summed E-state index contributed by atoms with van der Waals surface area (Å²) in [5.74, 6) is 0.682. The van der Waals surface area contributed by atoms with Gasteiger partial charge in [0.25, 0.3) is 0 Å². The van der Waals surface area contributed by atoms with Crippen LogP contribution in [-0.4, -0.2) is 49.7 Å². The van der Waals surface area contributed by atoms with E-state index in [0.29, 0.717) is 36.8 Å². The van der Waals surface area contributed by atoms with Crippen molar-refractivity contribution in [2.24, 2.45) is 5.92 Å². The summed E-state index contributed by atoms with van der Waals surface area (Å²) in [7, 11) is -3.20. The molecule has 2 fully saturated rings. The molecular formula is C21H27N5O3S. The molecule has 1 aromatic carbocycles. The average molecular weight is 430 g/mol. The fraction of sp³-hybridized carbons (Fsp3) is 0.476. The normalized spacial score (nSPS) is 20.9. The second-order valence-electron chi connectivity index (χ2n) is 8.01. The standard InChI is InChI=1S/C21H27N5O3S/c1-15-13-16(2)23-21(22-15)25-10-3-5-17(14-25)20(27)24-18-6-8-19(9-7-18)26-11-4-12-30(26,28)29/h6-9,13,17H,3-5,10-12,14H2,1-2H3,(H,24,27)/t17-/m1/s1. The smallest absolute Gasteiger partial charge is 0.235 e. The van der Waals surface area contributed by atoms with Crippen LogP contribution in [0.3, 0.4) is 0 Å². The first-order chi connectivity index (χ1) is 14.3. The van der Waals surface area contributed by atoms with Crippen LogP contribution in [-0.2, 0) is 14.8 Å². The van der Waals surface area contributed by atoms with Crippen molar-refractivity contribution in [1.82, 2.24) is 9.97 Å². The molecule has 8 nitrogen and oxygen atoms in total. The second-order valence-corrected chi connectivity index (χ2v) is 10.0. The zero-order chi connectivity index (χ0) is 21.3. The van der Waals surface area contributed by atoms with Gasteiger partial charge in [-0.3, -0.25) is 9.10 Å². The van der Waals surface area contributed by atoms with Crippen LogP contribution in [0, 0.1) is 19.8 Å². The van der Waals surface area contributed by atoms with Gasteiger partial charge in [0.05, 0.1) is 17.4 Å². The zero-order valence-electron chi connectivity index (χ0n) is 17.3. The van der Waals surface area contributed by atoms with E-state index in [0.717, 1.165) is 30.8 Å². The van der Waals surface area contributed by atoms with E-state index in [4.69, 9.17) is 0 Å². The third-order valence-electron chi connectivity index (χ3n) is 5.57. The number of carbonyl (C=O) groups is 1. The predicted octanol–water partition coefficient (Wildman–Crippen LogP) is 2.49. The number of nitrogens with zero attached hydrogens (tertiary/aromatic N) is 4. The summed E-state index contributed by atoms with van der Waals surface area (Å²) in [6.07, 6.45) is 2.36. The van der Waals surface area contributed by atoms with E-state index in [1.165, 1.54) is 4.31 Å². The van der Waals surface area contributed by atoms with Gasteiger partial charge in [0.2, 0.25) is 21.9 Å². The van der Waals surface area contributed by atoms with Crippen LogP contribution in [0.4, 0.5) is 17.3 Å². The number of amides is 1. The summed E-state index contributed by atoms with van der Waals surface area (Å²) in [5.41, 5.74) is 3.15. The molecule has 0 spiro atoms. The predicted molar refractivity (Wildman–Crippen MR) is 117 cm³/mol. The van der Waals surface area contributed by atoms with Crippen LogP contribution in [0.2, 0.25) is 0 Å². The first kappa shape index (κ1) is 20.6. The molecule has 9 heteroatoms. The van der Waals surface area contributed by atoms with Gasteiger partial charge in [0, 0.05) is 36.7 Å². The minimum atomic E-state index is -3.20. The molecule has 1 amide bonds. The van der Waals surface area contributed by atoms with Crippen LogP contribution in [0.25, 0.3) is 0 Å². The number of hydrogen-bond donors (Lipinski definition) is 1. The number of hydrogen-bond acceptors (Lipinski definition) is 6. The van der Waals surface area contributed by atoms with Crippen LogP contribution < -0.4 is 14.5 Å². The van der Waals surface area contributed by atoms with Crippen molar-refractivity contribution in [3.63, 3.8) is 0 Å².